The zero-order valence-electron chi connectivity index (χ0n) is 10.7. The van der Waals surface area contributed by atoms with Gasteiger partial charge in [0.1, 0.15) is 18.3 Å². The monoisotopic (exact) mass is 339 g/mol. The molecule has 2 aliphatic heterocycles. The largest absolute Gasteiger partial charge is 0.472 e. The maximum Gasteiger partial charge on any atom is 0.472 e. The van der Waals surface area contributed by atoms with Crippen molar-refractivity contribution in [3.63, 3.8) is 0 Å². The second-order valence-corrected chi connectivity index (χ2v) is 6.12. The number of nitrogen functional groups attached to an aromatic ring is 1. The quantitative estimate of drug-likeness (QED) is 0.424. The molecule has 2 aliphatic rings. The fourth-order valence-corrected chi connectivity index (χ4v) is 3.31. The Kier molecular flexibility index (Phi) is 3.47. The number of aromatic amines is 1. The molecule has 1 aromatic heterocycles. The van der Waals surface area contributed by atoms with E-state index in [9.17, 15) is 28.5 Å². The first-order valence-electron chi connectivity index (χ1n) is 6.00. The van der Waals surface area contributed by atoms with E-state index < -0.39 is 55.2 Å². The Morgan fingerprint density at radius 1 is 1.45 bits per heavy atom. The van der Waals surface area contributed by atoms with Gasteiger partial charge >= 0.3 is 13.5 Å². The molecule has 2 fully saturated rings. The van der Waals surface area contributed by atoms with Crippen molar-refractivity contribution < 1.29 is 32.7 Å². The zero-order chi connectivity index (χ0) is 16.2. The SMILES string of the molecule is Nc1c(F)c(=O)[nH]c(=O)n1[C@@H]1O[C@@H]2COP(=O)(O)O[C@H]2[C@H]1O. The normalized spacial score (nSPS) is 38.0. The second kappa shape index (κ2) is 4.98. The van der Waals surface area contributed by atoms with Crippen molar-refractivity contribution in [3.05, 3.63) is 26.7 Å². The van der Waals surface area contributed by atoms with Gasteiger partial charge in [-0.15, -0.1) is 0 Å². The summed E-state index contributed by atoms with van der Waals surface area (Å²) in [5.41, 5.74) is 2.94. The minimum Gasteiger partial charge on any atom is -0.386 e. The number of halogens is 1. The molecule has 0 saturated carbocycles. The van der Waals surface area contributed by atoms with Crippen LogP contribution in [0.2, 0.25) is 0 Å². The zero-order valence-corrected chi connectivity index (χ0v) is 11.6. The second-order valence-electron chi connectivity index (χ2n) is 4.72. The summed E-state index contributed by atoms with van der Waals surface area (Å²) in [5, 5.41) is 10.1. The summed E-state index contributed by atoms with van der Waals surface area (Å²) >= 11 is 0. The van der Waals surface area contributed by atoms with E-state index in [1.54, 1.807) is 4.98 Å². The topological polar surface area (TPSA) is 166 Å². The number of anilines is 1. The van der Waals surface area contributed by atoms with Crippen LogP contribution in [-0.4, -0.2) is 44.5 Å². The molecule has 5 atom stereocenters. The van der Waals surface area contributed by atoms with Crippen LogP contribution in [0.5, 0.6) is 0 Å². The highest BCUT2D eigenvalue weighted by Crippen LogP contribution is 2.52. The highest BCUT2D eigenvalue weighted by Gasteiger charge is 2.53. The van der Waals surface area contributed by atoms with Gasteiger partial charge in [0.25, 0.3) is 5.56 Å². The Bertz CT molecular complexity index is 777. The van der Waals surface area contributed by atoms with Crippen LogP contribution in [0.15, 0.2) is 9.59 Å². The minimum absolute atomic E-state index is 0.382. The molecule has 122 valence electrons. The molecule has 3 heterocycles. The summed E-state index contributed by atoms with van der Waals surface area (Å²) < 4.78 is 39.9. The van der Waals surface area contributed by atoms with Gasteiger partial charge in [0, 0.05) is 0 Å². The molecular weight excluding hydrogens is 328 g/mol. The van der Waals surface area contributed by atoms with Gasteiger partial charge in [-0.25, -0.2) is 13.9 Å². The number of fused-ring (bicyclic) bond motifs is 1. The van der Waals surface area contributed by atoms with Crippen molar-refractivity contribution in [2.45, 2.75) is 24.5 Å². The van der Waals surface area contributed by atoms with Crippen molar-refractivity contribution in [2.24, 2.45) is 0 Å². The van der Waals surface area contributed by atoms with E-state index in [1.807, 2.05) is 0 Å². The lowest BCUT2D eigenvalue weighted by molar-refractivity contribution is -0.0681. The van der Waals surface area contributed by atoms with E-state index in [0.29, 0.717) is 4.57 Å². The summed E-state index contributed by atoms with van der Waals surface area (Å²) in [6.45, 7) is -0.382. The number of nitrogens with one attached hydrogen (secondary N) is 1. The summed E-state index contributed by atoms with van der Waals surface area (Å²) in [7, 11) is -4.34. The standard InChI is InChI=1S/C9H11FN3O8P/c10-3-6(11)13(9(16)12-7(3)15)8-4(14)5-2(20-8)1-19-22(17,18)21-5/h2,4-5,8,14H,1,11H2,(H,17,18)(H,12,15,16)/t2-,4-,5-,8-/m1/s1. The predicted molar refractivity (Wildman–Crippen MR) is 66.3 cm³/mol. The third kappa shape index (κ3) is 2.29. The number of hydrogen-bond acceptors (Lipinski definition) is 8. The van der Waals surface area contributed by atoms with Gasteiger partial charge in [0.2, 0.25) is 5.82 Å². The molecule has 0 bridgehead atoms. The average Bonchev–Trinajstić information content (AvgIpc) is 2.73. The van der Waals surface area contributed by atoms with E-state index >= 15 is 0 Å². The van der Waals surface area contributed by atoms with Crippen LogP contribution >= 0.6 is 7.82 Å². The van der Waals surface area contributed by atoms with Crippen LogP contribution in [0.3, 0.4) is 0 Å². The number of H-pyrrole nitrogens is 1. The van der Waals surface area contributed by atoms with Crippen LogP contribution in [0.25, 0.3) is 0 Å². The first-order valence-corrected chi connectivity index (χ1v) is 7.50. The first-order chi connectivity index (χ1) is 10.2. The molecule has 22 heavy (non-hydrogen) atoms. The van der Waals surface area contributed by atoms with Gasteiger partial charge in [-0.3, -0.25) is 18.8 Å². The summed E-state index contributed by atoms with van der Waals surface area (Å²) in [5.74, 6) is -2.26. The Morgan fingerprint density at radius 3 is 2.82 bits per heavy atom. The molecule has 0 amide bonds. The lowest BCUT2D eigenvalue weighted by Gasteiger charge is -2.27. The third-order valence-corrected chi connectivity index (χ3v) is 4.33. The third-order valence-electron chi connectivity index (χ3n) is 3.34. The summed E-state index contributed by atoms with van der Waals surface area (Å²) in [6, 6.07) is 0. The molecule has 13 heteroatoms. The average molecular weight is 339 g/mol. The molecule has 0 spiro atoms. The van der Waals surface area contributed by atoms with Crippen LogP contribution in [0.4, 0.5) is 10.2 Å². The molecule has 1 aromatic rings. The molecule has 5 N–H and O–H groups in total. The number of rotatable bonds is 1. The van der Waals surface area contributed by atoms with E-state index in [2.05, 4.69) is 9.05 Å². The minimum atomic E-state index is -4.34. The molecule has 2 saturated heterocycles. The maximum atomic E-state index is 13.5. The fraction of sp³-hybridized carbons (Fsp3) is 0.556. The first kappa shape index (κ1) is 15.3. The van der Waals surface area contributed by atoms with Gasteiger partial charge in [-0.1, -0.05) is 0 Å². The summed E-state index contributed by atoms with van der Waals surface area (Å²) in [6.07, 6.45) is -5.39. The smallest absolute Gasteiger partial charge is 0.386 e. The number of phosphoric ester groups is 1. The molecule has 0 radical (unpaired) electrons. The Morgan fingerprint density at radius 2 is 2.14 bits per heavy atom. The molecular formula is C9H11FN3O8P. The molecule has 1 unspecified atom stereocenters. The number of nitrogens with zero attached hydrogens (tertiary/aromatic N) is 1. The number of aliphatic hydroxyl groups excluding tert-OH is 1. The van der Waals surface area contributed by atoms with E-state index in [1.165, 1.54) is 0 Å². The number of ether oxygens (including phenoxy) is 1. The molecule has 3 rings (SSSR count). The van der Waals surface area contributed by atoms with Gasteiger partial charge in [0.05, 0.1) is 6.61 Å². The van der Waals surface area contributed by atoms with Crippen LogP contribution in [0, 0.1) is 5.82 Å². The Hall–Kier alpha value is -1.56. The van der Waals surface area contributed by atoms with Crippen molar-refractivity contribution in [3.8, 4) is 0 Å². The van der Waals surface area contributed by atoms with Crippen LogP contribution in [0.1, 0.15) is 6.23 Å². The molecule has 0 aliphatic carbocycles. The van der Waals surface area contributed by atoms with E-state index in [4.69, 9.17) is 10.5 Å². The van der Waals surface area contributed by atoms with Crippen molar-refractivity contribution in [1.29, 1.82) is 0 Å². The van der Waals surface area contributed by atoms with Crippen molar-refractivity contribution in [1.82, 2.24) is 9.55 Å². The number of aliphatic hydroxyl groups is 1. The number of phosphoric acid groups is 1. The van der Waals surface area contributed by atoms with Gasteiger partial charge in [0.15, 0.2) is 12.0 Å². The number of aromatic nitrogens is 2. The highest BCUT2D eigenvalue weighted by atomic mass is 31.2. The Balaban J connectivity index is 2.02. The van der Waals surface area contributed by atoms with Crippen LogP contribution < -0.4 is 17.0 Å². The number of hydrogen-bond donors (Lipinski definition) is 4. The maximum absolute atomic E-state index is 13.5. The van der Waals surface area contributed by atoms with Crippen molar-refractivity contribution >= 4 is 13.6 Å². The molecule has 11 nitrogen and oxygen atoms in total. The van der Waals surface area contributed by atoms with Gasteiger partial charge < -0.3 is 20.5 Å². The van der Waals surface area contributed by atoms with Crippen LogP contribution in [-0.2, 0) is 18.3 Å². The van der Waals surface area contributed by atoms with Gasteiger partial charge in [-0.05, 0) is 0 Å². The van der Waals surface area contributed by atoms with E-state index in [0.717, 1.165) is 0 Å². The lowest BCUT2D eigenvalue weighted by Crippen LogP contribution is -2.42. The summed E-state index contributed by atoms with van der Waals surface area (Å²) in [4.78, 5) is 33.8. The predicted octanol–water partition coefficient (Wildman–Crippen LogP) is -1.97. The molecule has 0 aromatic carbocycles. The van der Waals surface area contributed by atoms with Gasteiger partial charge in [-0.2, -0.15) is 4.39 Å². The number of nitrogens with two attached hydrogens (primary N) is 1. The Labute approximate surface area is 120 Å². The highest BCUT2D eigenvalue weighted by molar-refractivity contribution is 7.47. The lowest BCUT2D eigenvalue weighted by atomic mass is 10.1. The van der Waals surface area contributed by atoms with Crippen molar-refractivity contribution in [2.75, 3.05) is 12.3 Å². The fourth-order valence-electron chi connectivity index (χ4n) is 2.35. The van der Waals surface area contributed by atoms with E-state index in [-0.39, 0.29) is 6.61 Å².